The molecule has 0 saturated heterocycles. The van der Waals surface area contributed by atoms with Crippen molar-refractivity contribution in [2.45, 2.75) is 4.90 Å². The van der Waals surface area contributed by atoms with Crippen molar-refractivity contribution < 1.29 is 32.2 Å². The van der Waals surface area contributed by atoms with Gasteiger partial charge in [0.25, 0.3) is 10.0 Å². The first-order valence-corrected chi connectivity index (χ1v) is 10.0. The number of rotatable bonds is 7. The van der Waals surface area contributed by atoms with E-state index in [0.29, 0.717) is 22.8 Å². The van der Waals surface area contributed by atoms with E-state index in [2.05, 4.69) is 9.71 Å². The van der Waals surface area contributed by atoms with Gasteiger partial charge >= 0.3 is 5.97 Å². The van der Waals surface area contributed by atoms with Gasteiger partial charge in [-0.1, -0.05) is 12.1 Å². The molecule has 0 radical (unpaired) electrons. The summed E-state index contributed by atoms with van der Waals surface area (Å²) in [5.74, 6) is 0.651. The molecule has 0 bridgehead atoms. The van der Waals surface area contributed by atoms with Crippen molar-refractivity contribution in [3.63, 3.8) is 0 Å². The molecule has 0 fully saturated rings. The third-order valence-electron chi connectivity index (χ3n) is 4.16. The van der Waals surface area contributed by atoms with Crippen LogP contribution in [-0.2, 0) is 14.8 Å². The highest BCUT2D eigenvalue weighted by atomic mass is 32.2. The summed E-state index contributed by atoms with van der Waals surface area (Å²) in [6.45, 7) is 0.0469. The maximum absolute atomic E-state index is 12.3. The quantitative estimate of drug-likeness (QED) is 0.535. The molecule has 0 spiro atoms. The fraction of sp³-hybridized carbons (Fsp3) is 0.263. The lowest BCUT2D eigenvalue weighted by Gasteiger charge is -2.13. The molecule has 29 heavy (non-hydrogen) atoms. The van der Waals surface area contributed by atoms with E-state index in [1.165, 1.54) is 39.5 Å². The van der Waals surface area contributed by atoms with E-state index in [9.17, 15) is 13.2 Å². The first-order chi connectivity index (χ1) is 13.9. The van der Waals surface area contributed by atoms with Crippen LogP contribution in [-0.4, -0.2) is 54.7 Å². The van der Waals surface area contributed by atoms with Crippen LogP contribution in [0.1, 0.15) is 15.9 Å². The molecule has 1 aliphatic heterocycles. The number of amidine groups is 1. The number of hydrogen-bond acceptors (Lipinski definition) is 8. The number of hydrogen-bond donors (Lipinski definition) is 1. The molecule has 3 rings (SSSR count). The molecule has 0 saturated carbocycles. The maximum atomic E-state index is 12.3. The fourth-order valence-corrected chi connectivity index (χ4v) is 4.08. The van der Waals surface area contributed by atoms with Gasteiger partial charge in [-0.05, 0) is 24.3 Å². The van der Waals surface area contributed by atoms with Crippen LogP contribution in [0.2, 0.25) is 0 Å². The van der Waals surface area contributed by atoms with E-state index in [4.69, 9.17) is 18.9 Å². The fourth-order valence-electron chi connectivity index (χ4n) is 2.83. The lowest BCUT2D eigenvalue weighted by atomic mass is 10.2. The van der Waals surface area contributed by atoms with Crippen molar-refractivity contribution in [1.29, 1.82) is 0 Å². The standard InChI is InChI=1S/C19H20N2O7S/c1-25-14-10-12(11-15(26-2)17(14)27-3)19(22)28-9-8-20-18-13-6-4-5-7-16(13)29(23,24)21-18/h4-7,10-11H,8-9H2,1-3H3,(H,20,21). The molecule has 0 aromatic heterocycles. The molecule has 154 valence electrons. The van der Waals surface area contributed by atoms with Crippen LogP contribution in [0, 0.1) is 0 Å². The van der Waals surface area contributed by atoms with E-state index in [-0.39, 0.29) is 29.4 Å². The van der Waals surface area contributed by atoms with E-state index in [1.807, 2.05) is 0 Å². The Bertz CT molecular complexity index is 1040. The molecule has 10 heteroatoms. The van der Waals surface area contributed by atoms with Gasteiger partial charge in [-0.2, -0.15) is 0 Å². The summed E-state index contributed by atoms with van der Waals surface area (Å²) >= 11 is 0. The van der Waals surface area contributed by atoms with E-state index in [1.54, 1.807) is 18.2 Å². The second-order valence-electron chi connectivity index (χ2n) is 5.88. The Kier molecular flexibility index (Phi) is 5.92. The number of nitrogens with zero attached hydrogens (tertiary/aromatic N) is 1. The van der Waals surface area contributed by atoms with Gasteiger partial charge in [-0.25, -0.2) is 13.2 Å². The molecule has 1 N–H and O–H groups in total. The zero-order valence-corrected chi connectivity index (χ0v) is 16.9. The SMILES string of the molecule is COc1cc(C(=O)OCCN=C2NS(=O)(=O)c3ccccc32)cc(OC)c1OC. The third kappa shape index (κ3) is 4.11. The molecule has 2 aromatic carbocycles. The summed E-state index contributed by atoms with van der Waals surface area (Å²) in [6, 6.07) is 9.49. The zero-order chi connectivity index (χ0) is 21.0. The Hall–Kier alpha value is -3.27. The van der Waals surface area contributed by atoms with Crippen molar-refractivity contribution in [2.75, 3.05) is 34.5 Å². The minimum atomic E-state index is -3.60. The average molecular weight is 420 g/mol. The van der Waals surface area contributed by atoms with E-state index in [0.717, 1.165) is 0 Å². The number of sulfonamides is 1. The van der Waals surface area contributed by atoms with Crippen molar-refractivity contribution in [3.05, 3.63) is 47.5 Å². The van der Waals surface area contributed by atoms with Crippen LogP contribution >= 0.6 is 0 Å². The van der Waals surface area contributed by atoms with Crippen molar-refractivity contribution in [1.82, 2.24) is 4.72 Å². The van der Waals surface area contributed by atoms with Crippen molar-refractivity contribution >= 4 is 21.8 Å². The number of fused-ring (bicyclic) bond motifs is 1. The number of carbonyl (C=O) groups excluding carboxylic acids is 1. The number of carbonyl (C=O) groups is 1. The van der Waals surface area contributed by atoms with Crippen LogP contribution in [0.5, 0.6) is 17.2 Å². The normalized spacial score (nSPS) is 15.3. The van der Waals surface area contributed by atoms with Crippen molar-refractivity contribution in [2.24, 2.45) is 4.99 Å². The molecular formula is C19H20N2O7S. The van der Waals surface area contributed by atoms with Gasteiger partial charge in [-0.3, -0.25) is 9.71 Å². The molecule has 9 nitrogen and oxygen atoms in total. The second-order valence-corrected chi connectivity index (χ2v) is 7.53. The Balaban J connectivity index is 1.68. The monoisotopic (exact) mass is 420 g/mol. The molecule has 1 aliphatic rings. The highest BCUT2D eigenvalue weighted by Crippen LogP contribution is 2.38. The number of nitrogens with one attached hydrogen (secondary N) is 1. The van der Waals surface area contributed by atoms with Gasteiger partial charge in [0.1, 0.15) is 12.4 Å². The van der Waals surface area contributed by atoms with E-state index < -0.39 is 16.0 Å². The molecule has 0 unspecified atom stereocenters. The van der Waals surface area contributed by atoms with Crippen molar-refractivity contribution in [3.8, 4) is 17.2 Å². The highest BCUT2D eigenvalue weighted by molar-refractivity contribution is 7.90. The molecule has 0 aliphatic carbocycles. The number of esters is 1. The van der Waals surface area contributed by atoms with Gasteiger partial charge < -0.3 is 18.9 Å². The Labute approximate surface area is 168 Å². The number of methoxy groups -OCH3 is 3. The Morgan fingerprint density at radius 3 is 2.31 bits per heavy atom. The minimum Gasteiger partial charge on any atom is -0.493 e. The highest BCUT2D eigenvalue weighted by Gasteiger charge is 2.29. The molecule has 0 amide bonds. The summed E-state index contributed by atoms with van der Waals surface area (Å²) in [7, 11) is 0.759. The smallest absolute Gasteiger partial charge is 0.338 e. The second kappa shape index (κ2) is 8.39. The van der Waals surface area contributed by atoms with Gasteiger partial charge in [0.15, 0.2) is 11.5 Å². The third-order valence-corrected chi connectivity index (χ3v) is 5.55. The minimum absolute atomic E-state index is 0.0388. The van der Waals surface area contributed by atoms with E-state index >= 15 is 0 Å². The molecule has 2 aromatic rings. The summed E-state index contributed by atoms with van der Waals surface area (Å²) in [5, 5.41) is 0. The lowest BCUT2D eigenvalue weighted by Crippen LogP contribution is -2.23. The molecule has 0 atom stereocenters. The number of aliphatic imine (C=N–C) groups is 1. The van der Waals surface area contributed by atoms with Gasteiger partial charge in [0.05, 0.1) is 38.3 Å². The zero-order valence-electron chi connectivity index (χ0n) is 16.1. The van der Waals surface area contributed by atoms with Gasteiger partial charge in [0.2, 0.25) is 5.75 Å². The predicted octanol–water partition coefficient (Wildman–Crippen LogP) is 1.61. The summed E-state index contributed by atoms with van der Waals surface area (Å²) in [5.41, 5.74) is 0.711. The molecule has 1 heterocycles. The van der Waals surface area contributed by atoms with Gasteiger partial charge in [-0.15, -0.1) is 0 Å². The van der Waals surface area contributed by atoms with Gasteiger partial charge in [0, 0.05) is 5.56 Å². The molecular weight excluding hydrogens is 400 g/mol. The van der Waals surface area contributed by atoms with Crippen LogP contribution in [0.15, 0.2) is 46.3 Å². The summed E-state index contributed by atoms with van der Waals surface area (Å²) in [4.78, 5) is 16.7. The predicted molar refractivity (Wildman–Crippen MR) is 105 cm³/mol. The first kappa shape index (κ1) is 20.5. The van der Waals surface area contributed by atoms with Crippen LogP contribution in [0.3, 0.4) is 0 Å². The lowest BCUT2D eigenvalue weighted by molar-refractivity contribution is 0.0516. The van der Waals surface area contributed by atoms with Crippen LogP contribution in [0.25, 0.3) is 0 Å². The number of ether oxygens (including phenoxy) is 4. The van der Waals surface area contributed by atoms with Crippen LogP contribution in [0.4, 0.5) is 0 Å². The summed E-state index contributed by atoms with van der Waals surface area (Å²) < 4.78 is 47.4. The first-order valence-electron chi connectivity index (χ1n) is 8.55. The Morgan fingerprint density at radius 2 is 1.69 bits per heavy atom. The largest absolute Gasteiger partial charge is 0.493 e. The summed E-state index contributed by atoms with van der Waals surface area (Å²) in [6.07, 6.45) is 0. The van der Waals surface area contributed by atoms with Crippen LogP contribution < -0.4 is 18.9 Å². The number of benzene rings is 2. The topological polar surface area (TPSA) is 113 Å². The maximum Gasteiger partial charge on any atom is 0.338 e. The Morgan fingerprint density at radius 1 is 1.03 bits per heavy atom. The average Bonchev–Trinajstić information content (AvgIpc) is 3.00.